The van der Waals surface area contributed by atoms with E-state index in [0.717, 1.165) is 6.66 Å². The van der Waals surface area contributed by atoms with Gasteiger partial charge in [-0.05, 0) is 31.5 Å². The Morgan fingerprint density at radius 1 is 1.39 bits per heavy atom. The highest BCUT2D eigenvalue weighted by Gasteiger charge is 2.44. The monoisotopic (exact) mass is 436 g/mol. The van der Waals surface area contributed by atoms with Crippen molar-refractivity contribution in [2.45, 2.75) is 44.4 Å². The predicted molar refractivity (Wildman–Crippen MR) is 100 cm³/mol. The molecule has 3 heterocycles. The van der Waals surface area contributed by atoms with Crippen molar-refractivity contribution < 1.29 is 34.0 Å². The third-order valence-electron chi connectivity index (χ3n) is 4.00. The second-order valence-corrected chi connectivity index (χ2v) is 8.90. The van der Waals surface area contributed by atoms with Crippen LogP contribution in [0.3, 0.4) is 0 Å². The molecule has 156 valence electrons. The molecular formula is C15H22ClN4O7P. The van der Waals surface area contributed by atoms with E-state index in [9.17, 15) is 14.8 Å². The van der Waals surface area contributed by atoms with Gasteiger partial charge in [-0.15, -0.1) is 4.67 Å². The van der Waals surface area contributed by atoms with Gasteiger partial charge in [-0.1, -0.05) is 0 Å². The van der Waals surface area contributed by atoms with Crippen molar-refractivity contribution in [3.05, 3.63) is 17.5 Å². The van der Waals surface area contributed by atoms with Crippen LogP contribution in [-0.2, 0) is 18.9 Å². The van der Waals surface area contributed by atoms with E-state index in [1.165, 1.54) is 4.57 Å². The number of ether oxygens (including phenoxy) is 1. The first-order chi connectivity index (χ1) is 13.1. The molecule has 0 bridgehead atoms. The fourth-order valence-corrected chi connectivity index (χ4v) is 3.31. The van der Waals surface area contributed by atoms with Crippen LogP contribution in [0.25, 0.3) is 11.0 Å². The summed E-state index contributed by atoms with van der Waals surface area (Å²) in [5.74, 6) is 0.534. The van der Waals surface area contributed by atoms with Gasteiger partial charge in [-0.25, -0.2) is 9.87 Å². The van der Waals surface area contributed by atoms with Crippen molar-refractivity contribution in [2.75, 3.05) is 18.6 Å². The van der Waals surface area contributed by atoms with Crippen LogP contribution in [0.4, 0.5) is 5.82 Å². The molecule has 11 nitrogen and oxygen atoms in total. The lowest BCUT2D eigenvalue weighted by Gasteiger charge is -2.18. The summed E-state index contributed by atoms with van der Waals surface area (Å²) in [5, 5.41) is 24.5. The Kier molecular flexibility index (Phi) is 6.28. The number of halogens is 1. The molecule has 0 radical (unpaired) electrons. The highest BCUT2D eigenvalue weighted by atomic mass is 35.5. The smallest absolute Gasteiger partial charge is 0.352 e. The zero-order valence-corrected chi connectivity index (χ0v) is 17.0. The minimum absolute atomic E-state index is 0.0126. The Labute approximate surface area is 165 Å². The summed E-state index contributed by atoms with van der Waals surface area (Å²) in [4.78, 5) is 22.1. The minimum atomic E-state index is -3.84. The lowest BCUT2D eigenvalue weighted by molar-refractivity contribution is -0.238. The first kappa shape index (κ1) is 21.4. The van der Waals surface area contributed by atoms with Crippen LogP contribution in [0.5, 0.6) is 0 Å². The number of aromatic nitrogens is 3. The maximum absolute atomic E-state index is 11.1. The fraction of sp³-hybridized carbons (Fsp3) is 0.600. The second kappa shape index (κ2) is 8.21. The van der Waals surface area contributed by atoms with E-state index in [0.29, 0.717) is 16.9 Å². The SMILES string of the molecule is CC(C)Nc1nc(Cl)nc2c1ccn2[C@@H]1O[C@H](COOP(C)(=O)O)[C@@H](O)[C@H]1O. The Morgan fingerprint density at radius 3 is 2.75 bits per heavy atom. The number of anilines is 1. The van der Waals surface area contributed by atoms with Crippen molar-refractivity contribution in [2.24, 2.45) is 0 Å². The number of rotatable bonds is 7. The van der Waals surface area contributed by atoms with Crippen molar-refractivity contribution in [1.82, 2.24) is 14.5 Å². The maximum atomic E-state index is 11.1. The van der Waals surface area contributed by atoms with Gasteiger partial charge in [0.25, 0.3) is 0 Å². The van der Waals surface area contributed by atoms with Gasteiger partial charge in [0.2, 0.25) is 5.28 Å². The molecule has 0 aromatic carbocycles. The van der Waals surface area contributed by atoms with Gasteiger partial charge in [0.1, 0.15) is 36.4 Å². The standard InChI is InChI=1S/C15H22ClN4O7P/c1-7(2)17-12-8-4-5-20(13(8)19-15(16)18-12)14-11(22)10(21)9(26-14)6-25-27-28(3,23)24/h4-5,7,9-11,14,21-22H,6H2,1-3H3,(H,23,24)(H,17,18,19)/t9-,10-,11-,14-/m1/s1. The topological polar surface area (TPSA) is 148 Å². The second-order valence-electron chi connectivity index (χ2n) is 6.81. The zero-order valence-electron chi connectivity index (χ0n) is 15.4. The molecule has 0 saturated carbocycles. The summed E-state index contributed by atoms with van der Waals surface area (Å²) >= 11 is 6.03. The van der Waals surface area contributed by atoms with E-state index in [1.54, 1.807) is 12.3 Å². The van der Waals surface area contributed by atoms with Crippen molar-refractivity contribution in [3.63, 3.8) is 0 Å². The molecule has 3 rings (SSSR count). The van der Waals surface area contributed by atoms with Gasteiger partial charge < -0.3 is 29.7 Å². The molecule has 1 aliphatic rings. The molecule has 0 spiro atoms. The number of nitrogens with zero attached hydrogens (tertiary/aromatic N) is 3. The highest BCUT2D eigenvalue weighted by molar-refractivity contribution is 7.51. The van der Waals surface area contributed by atoms with Crippen LogP contribution in [0.1, 0.15) is 20.1 Å². The molecule has 1 saturated heterocycles. The van der Waals surface area contributed by atoms with E-state index >= 15 is 0 Å². The number of fused-ring (bicyclic) bond motifs is 1. The Hall–Kier alpha value is -1.30. The zero-order chi connectivity index (χ0) is 20.6. The summed E-state index contributed by atoms with van der Waals surface area (Å²) in [5.41, 5.74) is 0.408. The molecule has 0 aliphatic carbocycles. The van der Waals surface area contributed by atoms with E-state index < -0.39 is 32.1 Å². The summed E-state index contributed by atoms with van der Waals surface area (Å²) in [6.07, 6.45) is -2.96. The number of nitrogens with one attached hydrogen (secondary N) is 1. The number of hydrogen-bond acceptors (Lipinski definition) is 9. The summed E-state index contributed by atoms with van der Waals surface area (Å²) in [6.45, 7) is 4.50. The van der Waals surface area contributed by atoms with Crippen molar-refractivity contribution in [3.8, 4) is 0 Å². The fourth-order valence-electron chi connectivity index (χ4n) is 2.89. The molecule has 1 unspecified atom stereocenters. The lowest BCUT2D eigenvalue weighted by atomic mass is 10.1. The van der Waals surface area contributed by atoms with Gasteiger partial charge in [0, 0.05) is 18.9 Å². The molecular weight excluding hydrogens is 415 g/mol. The maximum Gasteiger partial charge on any atom is 0.352 e. The van der Waals surface area contributed by atoms with Crippen LogP contribution in [0.15, 0.2) is 12.3 Å². The molecule has 2 aromatic rings. The largest absolute Gasteiger partial charge is 0.387 e. The summed E-state index contributed by atoms with van der Waals surface area (Å²) in [6, 6.07) is 1.85. The molecule has 0 amide bonds. The molecule has 28 heavy (non-hydrogen) atoms. The van der Waals surface area contributed by atoms with E-state index in [2.05, 4.69) is 24.8 Å². The molecule has 13 heteroatoms. The Balaban J connectivity index is 1.84. The van der Waals surface area contributed by atoms with E-state index in [-0.39, 0.29) is 17.9 Å². The van der Waals surface area contributed by atoms with Crippen LogP contribution >= 0.6 is 19.2 Å². The van der Waals surface area contributed by atoms with Gasteiger partial charge in [0.05, 0.1) is 5.39 Å². The van der Waals surface area contributed by atoms with E-state index in [4.69, 9.17) is 21.2 Å². The first-order valence-corrected chi connectivity index (χ1v) is 10.9. The van der Waals surface area contributed by atoms with Crippen LogP contribution in [0, 0.1) is 0 Å². The summed E-state index contributed by atoms with van der Waals surface area (Å²) < 4.78 is 22.6. The molecule has 4 N–H and O–H groups in total. The average molecular weight is 437 g/mol. The molecule has 5 atom stereocenters. The quantitative estimate of drug-likeness (QED) is 0.216. The third-order valence-corrected chi connectivity index (χ3v) is 4.56. The summed E-state index contributed by atoms with van der Waals surface area (Å²) in [7, 11) is -3.84. The Morgan fingerprint density at radius 2 is 2.11 bits per heavy atom. The van der Waals surface area contributed by atoms with Crippen molar-refractivity contribution >= 4 is 36.0 Å². The Bertz CT molecular complexity index is 889. The van der Waals surface area contributed by atoms with Crippen LogP contribution in [-0.4, -0.2) is 67.3 Å². The van der Waals surface area contributed by atoms with Crippen LogP contribution < -0.4 is 5.32 Å². The van der Waals surface area contributed by atoms with Crippen molar-refractivity contribution in [1.29, 1.82) is 0 Å². The van der Waals surface area contributed by atoms with Gasteiger partial charge in [0.15, 0.2) is 6.23 Å². The normalized spacial score (nSPS) is 27.4. The van der Waals surface area contributed by atoms with Gasteiger partial charge in [-0.3, -0.25) is 4.57 Å². The lowest BCUT2D eigenvalue weighted by Crippen LogP contribution is -2.33. The number of aliphatic hydroxyl groups is 2. The van der Waals surface area contributed by atoms with E-state index in [1.807, 2.05) is 13.8 Å². The van der Waals surface area contributed by atoms with Gasteiger partial charge in [-0.2, -0.15) is 4.98 Å². The first-order valence-electron chi connectivity index (χ1n) is 8.50. The van der Waals surface area contributed by atoms with Gasteiger partial charge >= 0.3 is 7.60 Å². The molecule has 1 aliphatic heterocycles. The minimum Gasteiger partial charge on any atom is -0.387 e. The van der Waals surface area contributed by atoms with Crippen LogP contribution in [0.2, 0.25) is 5.28 Å². The number of aliphatic hydroxyl groups excluding tert-OH is 2. The average Bonchev–Trinajstić information content (AvgIpc) is 3.09. The predicted octanol–water partition coefficient (Wildman–Crippen LogP) is 1.29. The highest BCUT2D eigenvalue weighted by Crippen LogP contribution is 2.38. The molecule has 2 aromatic heterocycles. The third kappa shape index (κ3) is 4.64. The molecule has 1 fully saturated rings. The number of hydrogen-bond donors (Lipinski definition) is 4.